The standard InChI is InChI=1S/C13H25O4P/c1-3-5-7-13(8-6-9-14)11-16-18(15,10-4-2)17-12-13/h4,14H,2-3,5-12H2,1H3. The van der Waals surface area contributed by atoms with Crippen molar-refractivity contribution in [3.8, 4) is 0 Å². The molecule has 0 aromatic carbocycles. The first-order valence-corrected chi connectivity index (χ1v) is 8.42. The first-order chi connectivity index (χ1) is 8.60. The average molecular weight is 276 g/mol. The Labute approximate surface area is 110 Å². The van der Waals surface area contributed by atoms with Crippen molar-refractivity contribution >= 4 is 7.60 Å². The summed E-state index contributed by atoms with van der Waals surface area (Å²) >= 11 is 0. The van der Waals surface area contributed by atoms with Crippen molar-refractivity contribution in [2.45, 2.75) is 39.0 Å². The molecule has 4 nitrogen and oxygen atoms in total. The SMILES string of the molecule is C=CCP1(=O)OCC(CCCC)(CCCO)CO1. The molecular formula is C13H25O4P. The van der Waals surface area contributed by atoms with Crippen molar-refractivity contribution in [2.24, 2.45) is 5.41 Å². The average Bonchev–Trinajstić information content (AvgIpc) is 2.38. The number of hydrogen-bond donors (Lipinski definition) is 1. The van der Waals surface area contributed by atoms with Gasteiger partial charge in [0.2, 0.25) is 0 Å². The van der Waals surface area contributed by atoms with Gasteiger partial charge in [-0.2, -0.15) is 0 Å². The third kappa shape index (κ3) is 4.51. The highest BCUT2D eigenvalue weighted by Crippen LogP contribution is 2.55. The molecule has 0 unspecified atom stereocenters. The Balaban J connectivity index is 2.59. The molecule has 0 atom stereocenters. The maximum atomic E-state index is 12.1. The molecule has 0 radical (unpaired) electrons. The second-order valence-corrected chi connectivity index (χ2v) is 7.16. The Kier molecular flexibility index (Phi) is 6.58. The van der Waals surface area contributed by atoms with Crippen LogP contribution in [0.1, 0.15) is 39.0 Å². The van der Waals surface area contributed by atoms with Crippen LogP contribution in [0.15, 0.2) is 12.7 Å². The fourth-order valence-corrected chi connectivity index (χ4v) is 3.78. The third-order valence-corrected chi connectivity index (χ3v) is 5.16. The fourth-order valence-electron chi connectivity index (χ4n) is 2.23. The molecule has 0 saturated carbocycles. The smallest absolute Gasteiger partial charge is 0.334 e. The van der Waals surface area contributed by atoms with Gasteiger partial charge in [0.15, 0.2) is 0 Å². The summed E-state index contributed by atoms with van der Waals surface area (Å²) in [5.41, 5.74) is -0.0756. The van der Waals surface area contributed by atoms with Crippen LogP contribution in [0.5, 0.6) is 0 Å². The second-order valence-electron chi connectivity index (χ2n) is 5.06. The van der Waals surface area contributed by atoms with Gasteiger partial charge in [-0.15, -0.1) is 6.58 Å². The van der Waals surface area contributed by atoms with Crippen LogP contribution in [-0.2, 0) is 13.6 Å². The van der Waals surface area contributed by atoms with E-state index in [1.165, 1.54) is 0 Å². The topological polar surface area (TPSA) is 55.8 Å². The lowest BCUT2D eigenvalue weighted by Gasteiger charge is -2.39. The molecule has 1 saturated heterocycles. The van der Waals surface area contributed by atoms with E-state index in [1.54, 1.807) is 6.08 Å². The summed E-state index contributed by atoms with van der Waals surface area (Å²) in [5, 5.41) is 8.97. The van der Waals surface area contributed by atoms with E-state index < -0.39 is 7.60 Å². The van der Waals surface area contributed by atoms with Crippen LogP contribution in [0.2, 0.25) is 0 Å². The monoisotopic (exact) mass is 276 g/mol. The van der Waals surface area contributed by atoms with E-state index in [1.807, 2.05) is 0 Å². The first-order valence-electron chi connectivity index (χ1n) is 6.70. The largest absolute Gasteiger partial charge is 0.396 e. The van der Waals surface area contributed by atoms with Crippen LogP contribution in [0.4, 0.5) is 0 Å². The van der Waals surface area contributed by atoms with Crippen molar-refractivity contribution in [3.05, 3.63) is 12.7 Å². The summed E-state index contributed by atoms with van der Waals surface area (Å²) in [6, 6.07) is 0. The third-order valence-electron chi connectivity index (χ3n) is 3.41. The normalized spacial score (nSPS) is 32.3. The number of unbranched alkanes of at least 4 members (excludes halogenated alkanes) is 1. The van der Waals surface area contributed by atoms with Crippen LogP contribution in [0, 0.1) is 5.41 Å². The van der Waals surface area contributed by atoms with Crippen molar-refractivity contribution in [1.82, 2.24) is 0 Å². The van der Waals surface area contributed by atoms with Crippen molar-refractivity contribution in [2.75, 3.05) is 26.0 Å². The van der Waals surface area contributed by atoms with Gasteiger partial charge in [0.1, 0.15) is 0 Å². The summed E-state index contributed by atoms with van der Waals surface area (Å²) in [5.74, 6) is 0. The zero-order valence-electron chi connectivity index (χ0n) is 11.3. The highest BCUT2D eigenvalue weighted by Gasteiger charge is 2.40. The molecule has 0 aromatic heterocycles. The molecule has 0 amide bonds. The van der Waals surface area contributed by atoms with Gasteiger partial charge in [0.25, 0.3) is 0 Å². The van der Waals surface area contributed by atoms with Gasteiger partial charge < -0.3 is 14.2 Å². The van der Waals surface area contributed by atoms with Crippen LogP contribution >= 0.6 is 7.60 Å². The lowest BCUT2D eigenvalue weighted by Crippen LogP contribution is -2.36. The summed E-state index contributed by atoms with van der Waals surface area (Å²) in [4.78, 5) is 0. The zero-order chi connectivity index (χ0) is 13.5. The predicted molar refractivity (Wildman–Crippen MR) is 72.9 cm³/mol. The van der Waals surface area contributed by atoms with E-state index in [0.29, 0.717) is 13.2 Å². The molecule has 106 valence electrons. The van der Waals surface area contributed by atoms with Gasteiger partial charge in [-0.1, -0.05) is 25.8 Å². The van der Waals surface area contributed by atoms with Gasteiger partial charge in [-0.3, -0.25) is 4.57 Å². The summed E-state index contributed by atoms with van der Waals surface area (Å²) in [7, 11) is -2.94. The minimum absolute atomic E-state index is 0.0756. The Bertz CT molecular complexity index is 281. The quantitative estimate of drug-likeness (QED) is 0.545. The molecule has 1 aliphatic rings. The van der Waals surface area contributed by atoms with Gasteiger partial charge in [-0.25, -0.2) is 0 Å². The first kappa shape index (κ1) is 15.9. The summed E-state index contributed by atoms with van der Waals surface area (Å²) < 4.78 is 23.1. The number of rotatable bonds is 8. The maximum Gasteiger partial charge on any atom is 0.334 e. The van der Waals surface area contributed by atoms with Gasteiger partial charge in [0, 0.05) is 12.0 Å². The summed E-state index contributed by atoms with van der Waals surface area (Å²) in [6.45, 7) is 6.84. The molecule has 5 heteroatoms. The molecule has 18 heavy (non-hydrogen) atoms. The minimum atomic E-state index is -2.94. The Morgan fingerprint density at radius 2 is 1.94 bits per heavy atom. The van der Waals surface area contributed by atoms with Crippen LogP contribution in [0.3, 0.4) is 0 Å². The fraction of sp³-hybridized carbons (Fsp3) is 0.846. The van der Waals surface area contributed by atoms with Crippen LogP contribution in [0.25, 0.3) is 0 Å². The minimum Gasteiger partial charge on any atom is -0.396 e. The van der Waals surface area contributed by atoms with E-state index in [2.05, 4.69) is 13.5 Å². The van der Waals surface area contributed by atoms with Crippen molar-refractivity contribution in [1.29, 1.82) is 0 Å². The maximum absolute atomic E-state index is 12.1. The zero-order valence-corrected chi connectivity index (χ0v) is 12.2. The molecular weight excluding hydrogens is 251 g/mol. The number of aliphatic hydroxyl groups excluding tert-OH is 1. The van der Waals surface area contributed by atoms with E-state index in [9.17, 15) is 4.57 Å². The second kappa shape index (κ2) is 7.44. The molecule has 1 fully saturated rings. The Hall–Kier alpha value is -0.150. The van der Waals surface area contributed by atoms with Gasteiger partial charge in [0.05, 0.1) is 19.4 Å². The Morgan fingerprint density at radius 1 is 1.33 bits per heavy atom. The lowest BCUT2D eigenvalue weighted by atomic mass is 9.80. The van der Waals surface area contributed by atoms with E-state index in [4.69, 9.17) is 14.2 Å². The highest BCUT2D eigenvalue weighted by molar-refractivity contribution is 7.54. The van der Waals surface area contributed by atoms with Gasteiger partial charge >= 0.3 is 7.60 Å². The van der Waals surface area contributed by atoms with Crippen molar-refractivity contribution in [3.63, 3.8) is 0 Å². The molecule has 0 aromatic rings. The summed E-state index contributed by atoms with van der Waals surface area (Å²) in [6.07, 6.45) is 6.66. The molecule has 1 aliphatic heterocycles. The van der Waals surface area contributed by atoms with E-state index in [-0.39, 0.29) is 18.2 Å². The van der Waals surface area contributed by atoms with Crippen LogP contribution < -0.4 is 0 Å². The number of aliphatic hydroxyl groups is 1. The Morgan fingerprint density at radius 3 is 2.44 bits per heavy atom. The number of allylic oxidation sites excluding steroid dienone is 1. The lowest BCUT2D eigenvalue weighted by molar-refractivity contribution is 0.000859. The molecule has 1 rings (SSSR count). The molecule has 1 N–H and O–H groups in total. The van der Waals surface area contributed by atoms with E-state index >= 15 is 0 Å². The number of hydrogen-bond acceptors (Lipinski definition) is 4. The predicted octanol–water partition coefficient (Wildman–Crippen LogP) is 3.36. The molecule has 0 aliphatic carbocycles. The molecule has 0 bridgehead atoms. The highest BCUT2D eigenvalue weighted by atomic mass is 31.2. The van der Waals surface area contributed by atoms with E-state index in [0.717, 1.165) is 32.1 Å². The van der Waals surface area contributed by atoms with Gasteiger partial charge in [-0.05, 0) is 19.3 Å². The molecule has 0 spiro atoms. The van der Waals surface area contributed by atoms with Crippen molar-refractivity contribution < 1.29 is 18.7 Å². The van der Waals surface area contributed by atoms with Crippen LogP contribution in [-0.4, -0.2) is 31.1 Å². The molecule has 1 heterocycles.